The average Bonchev–Trinajstić information content (AvgIpc) is 2.37. The third-order valence-electron chi connectivity index (χ3n) is 3.17. The number of carbonyl (C=O) groups excluding carboxylic acids is 1. The van der Waals surface area contributed by atoms with E-state index in [-0.39, 0.29) is 5.91 Å². The van der Waals surface area contributed by atoms with Gasteiger partial charge in [0.1, 0.15) is 0 Å². The molecule has 1 atom stereocenters. The fourth-order valence-electron chi connectivity index (χ4n) is 2.16. The van der Waals surface area contributed by atoms with Gasteiger partial charge in [-0.25, -0.2) is 5.43 Å². The highest BCUT2D eigenvalue weighted by Gasteiger charge is 2.14. The highest BCUT2D eigenvalue weighted by Crippen LogP contribution is 2.21. The molecule has 1 aromatic carbocycles. The Kier molecular flexibility index (Phi) is 4.37. The Bertz CT molecular complexity index is 453. The predicted octanol–water partition coefficient (Wildman–Crippen LogP) is 3.64. The fourth-order valence-corrected chi connectivity index (χ4v) is 2.28. The van der Waals surface area contributed by atoms with Crippen molar-refractivity contribution in [3.63, 3.8) is 0 Å². The van der Waals surface area contributed by atoms with Crippen molar-refractivity contribution in [2.75, 3.05) is 0 Å². The van der Waals surface area contributed by atoms with Crippen molar-refractivity contribution in [2.24, 2.45) is 11.0 Å². The van der Waals surface area contributed by atoms with Crippen LogP contribution in [0.25, 0.3) is 0 Å². The van der Waals surface area contributed by atoms with Gasteiger partial charge in [-0.15, -0.1) is 0 Å². The number of hydrogen-bond acceptors (Lipinski definition) is 2. The highest BCUT2D eigenvalue weighted by molar-refractivity contribution is 6.30. The maximum Gasteiger partial charge on any atom is 0.271 e. The maximum atomic E-state index is 11.8. The number of hydrazone groups is 1. The van der Waals surface area contributed by atoms with Gasteiger partial charge in [0.25, 0.3) is 5.91 Å². The van der Waals surface area contributed by atoms with Gasteiger partial charge in [-0.1, -0.05) is 18.5 Å². The SMILES string of the molecule is C[C@@H]1CCC/C(=N\NC(=O)c2ccc(Cl)cc2)C1. The summed E-state index contributed by atoms with van der Waals surface area (Å²) >= 11 is 5.77. The molecule has 1 aliphatic carbocycles. The standard InChI is InChI=1S/C14H17ClN2O/c1-10-3-2-4-13(9-10)16-17-14(18)11-5-7-12(15)8-6-11/h5-8,10H,2-4,9H2,1H3,(H,17,18)/b16-13+/t10-/m1/s1. The lowest BCUT2D eigenvalue weighted by atomic mass is 9.89. The zero-order chi connectivity index (χ0) is 13.0. The Hall–Kier alpha value is -1.35. The molecule has 0 heterocycles. The van der Waals surface area contributed by atoms with Crippen molar-refractivity contribution in [2.45, 2.75) is 32.6 Å². The number of amides is 1. The number of carbonyl (C=O) groups is 1. The Morgan fingerprint density at radius 1 is 1.39 bits per heavy atom. The van der Waals surface area contributed by atoms with Crippen LogP contribution in [0.2, 0.25) is 5.02 Å². The minimum atomic E-state index is -0.183. The number of hydrogen-bond donors (Lipinski definition) is 1. The van der Waals surface area contributed by atoms with Crippen molar-refractivity contribution in [3.05, 3.63) is 34.9 Å². The van der Waals surface area contributed by atoms with E-state index in [9.17, 15) is 4.79 Å². The minimum Gasteiger partial charge on any atom is -0.267 e. The van der Waals surface area contributed by atoms with Gasteiger partial charge in [0.05, 0.1) is 0 Å². The summed E-state index contributed by atoms with van der Waals surface area (Å²) in [6.07, 6.45) is 4.40. The zero-order valence-corrected chi connectivity index (χ0v) is 11.2. The third kappa shape index (κ3) is 3.57. The van der Waals surface area contributed by atoms with E-state index in [0.29, 0.717) is 16.5 Å². The molecular formula is C14H17ClN2O. The third-order valence-corrected chi connectivity index (χ3v) is 3.42. The van der Waals surface area contributed by atoms with Crippen LogP contribution in [0.4, 0.5) is 0 Å². The second kappa shape index (κ2) is 6.01. The molecule has 1 amide bonds. The van der Waals surface area contributed by atoms with E-state index in [1.807, 2.05) is 0 Å². The van der Waals surface area contributed by atoms with Gasteiger partial charge in [-0.3, -0.25) is 4.79 Å². The molecule has 1 fully saturated rings. The lowest BCUT2D eigenvalue weighted by molar-refractivity contribution is 0.0954. The number of nitrogens with one attached hydrogen (secondary N) is 1. The number of benzene rings is 1. The van der Waals surface area contributed by atoms with Gasteiger partial charge in [0.15, 0.2) is 0 Å². The molecule has 0 aliphatic heterocycles. The van der Waals surface area contributed by atoms with Crippen LogP contribution >= 0.6 is 11.6 Å². The Labute approximate surface area is 112 Å². The molecule has 0 saturated heterocycles. The summed E-state index contributed by atoms with van der Waals surface area (Å²) < 4.78 is 0. The van der Waals surface area contributed by atoms with Crippen LogP contribution < -0.4 is 5.43 Å². The fraction of sp³-hybridized carbons (Fsp3) is 0.429. The first-order chi connectivity index (χ1) is 8.65. The van der Waals surface area contributed by atoms with E-state index >= 15 is 0 Å². The smallest absolute Gasteiger partial charge is 0.267 e. The van der Waals surface area contributed by atoms with Crippen LogP contribution in [-0.4, -0.2) is 11.6 Å². The van der Waals surface area contributed by atoms with E-state index in [4.69, 9.17) is 11.6 Å². The van der Waals surface area contributed by atoms with Gasteiger partial charge < -0.3 is 0 Å². The van der Waals surface area contributed by atoms with E-state index in [2.05, 4.69) is 17.5 Å². The molecule has 0 aromatic heterocycles. The topological polar surface area (TPSA) is 41.5 Å². The average molecular weight is 265 g/mol. The van der Waals surface area contributed by atoms with Crippen molar-refractivity contribution < 1.29 is 4.79 Å². The van der Waals surface area contributed by atoms with Crippen molar-refractivity contribution in [1.29, 1.82) is 0 Å². The largest absolute Gasteiger partial charge is 0.271 e. The lowest BCUT2D eigenvalue weighted by Gasteiger charge is -2.18. The lowest BCUT2D eigenvalue weighted by Crippen LogP contribution is -2.22. The second-order valence-corrected chi connectivity index (χ2v) is 5.26. The summed E-state index contributed by atoms with van der Waals surface area (Å²) in [5, 5.41) is 4.84. The first kappa shape index (κ1) is 13.1. The molecule has 4 heteroatoms. The van der Waals surface area contributed by atoms with Crippen molar-refractivity contribution in [1.82, 2.24) is 5.43 Å². The summed E-state index contributed by atoms with van der Waals surface area (Å²) in [4.78, 5) is 11.8. The Balaban J connectivity index is 1.95. The molecule has 1 aromatic rings. The molecule has 0 unspecified atom stereocenters. The molecular weight excluding hydrogens is 248 g/mol. The maximum absolute atomic E-state index is 11.8. The molecule has 0 radical (unpaired) electrons. The van der Waals surface area contributed by atoms with E-state index in [1.54, 1.807) is 24.3 Å². The monoisotopic (exact) mass is 264 g/mol. The number of halogens is 1. The van der Waals surface area contributed by atoms with E-state index < -0.39 is 0 Å². The molecule has 3 nitrogen and oxygen atoms in total. The van der Waals surface area contributed by atoms with Crippen LogP contribution in [0.15, 0.2) is 29.4 Å². The number of rotatable bonds is 2. The Morgan fingerprint density at radius 3 is 2.78 bits per heavy atom. The highest BCUT2D eigenvalue weighted by atomic mass is 35.5. The molecule has 1 N–H and O–H groups in total. The normalized spacial score (nSPS) is 21.9. The second-order valence-electron chi connectivity index (χ2n) is 4.83. The molecule has 96 valence electrons. The first-order valence-corrected chi connectivity index (χ1v) is 6.64. The van der Waals surface area contributed by atoms with Gasteiger partial charge in [0, 0.05) is 16.3 Å². The van der Waals surface area contributed by atoms with Crippen molar-refractivity contribution in [3.8, 4) is 0 Å². The van der Waals surface area contributed by atoms with Gasteiger partial charge in [-0.05, 0) is 55.9 Å². The molecule has 2 rings (SSSR count). The zero-order valence-electron chi connectivity index (χ0n) is 10.4. The van der Waals surface area contributed by atoms with E-state index in [0.717, 1.165) is 25.0 Å². The quantitative estimate of drug-likeness (QED) is 0.814. The minimum absolute atomic E-state index is 0.183. The van der Waals surface area contributed by atoms with Gasteiger partial charge in [0.2, 0.25) is 0 Å². The molecule has 0 spiro atoms. The molecule has 18 heavy (non-hydrogen) atoms. The number of nitrogens with zero attached hydrogens (tertiary/aromatic N) is 1. The van der Waals surface area contributed by atoms with Gasteiger partial charge in [-0.2, -0.15) is 5.10 Å². The van der Waals surface area contributed by atoms with Crippen molar-refractivity contribution >= 4 is 23.2 Å². The molecule has 0 bridgehead atoms. The summed E-state index contributed by atoms with van der Waals surface area (Å²) in [6, 6.07) is 6.79. The molecule has 1 saturated carbocycles. The van der Waals surface area contributed by atoms with E-state index in [1.165, 1.54) is 6.42 Å². The van der Waals surface area contributed by atoms with Crippen LogP contribution in [0.1, 0.15) is 43.0 Å². The molecule has 1 aliphatic rings. The first-order valence-electron chi connectivity index (χ1n) is 6.26. The van der Waals surface area contributed by atoms with Gasteiger partial charge >= 0.3 is 0 Å². The summed E-state index contributed by atoms with van der Waals surface area (Å²) in [5.74, 6) is 0.488. The van der Waals surface area contributed by atoms with Crippen LogP contribution in [-0.2, 0) is 0 Å². The summed E-state index contributed by atoms with van der Waals surface area (Å²) in [5.41, 5.74) is 4.28. The van der Waals surface area contributed by atoms with Crippen LogP contribution in [0, 0.1) is 5.92 Å². The predicted molar refractivity (Wildman–Crippen MR) is 74.0 cm³/mol. The summed E-state index contributed by atoms with van der Waals surface area (Å²) in [6.45, 7) is 2.22. The Morgan fingerprint density at radius 2 is 2.11 bits per heavy atom. The summed E-state index contributed by atoms with van der Waals surface area (Å²) in [7, 11) is 0. The van der Waals surface area contributed by atoms with Crippen LogP contribution in [0.3, 0.4) is 0 Å². The van der Waals surface area contributed by atoms with Crippen LogP contribution in [0.5, 0.6) is 0 Å².